The first kappa shape index (κ1) is 103. The minimum absolute atomic E-state index is 0. The Morgan fingerprint density at radius 2 is 0.534 bits per heavy atom. The van der Waals surface area contributed by atoms with Crippen LogP contribution in [0.4, 0.5) is 82.9 Å². The molecule has 47 heteroatoms. The van der Waals surface area contributed by atoms with Crippen LogP contribution in [0.15, 0.2) is 260 Å². The van der Waals surface area contributed by atoms with Crippen molar-refractivity contribution in [1.82, 2.24) is 0 Å². The molecule has 0 amide bonds. The van der Waals surface area contributed by atoms with Crippen LogP contribution in [-0.2, 0) is 76.5 Å². The van der Waals surface area contributed by atoms with Gasteiger partial charge >= 0.3 is 125 Å². The molecular formula is C69H54F19NaO20S7. The molecule has 1 N–H and O–H groups in total. The van der Waals surface area contributed by atoms with Crippen molar-refractivity contribution in [3.05, 3.63) is 273 Å². The average molecular weight is 1810 g/mol. The van der Waals surface area contributed by atoms with Crippen LogP contribution >= 0.6 is 0 Å². The Morgan fingerprint density at radius 3 is 0.724 bits per heavy atom. The minimum Gasteiger partial charge on any atom is -0.743 e. The second-order valence-corrected chi connectivity index (χ2v) is 32.5. The van der Waals surface area contributed by atoms with Crippen molar-refractivity contribution in [2.75, 3.05) is 0 Å². The molecule has 116 heavy (non-hydrogen) atoms. The van der Waals surface area contributed by atoms with Gasteiger partial charge < -0.3 is 31.5 Å². The van der Waals surface area contributed by atoms with E-state index in [1.807, 2.05) is 24.3 Å². The molecule has 0 aromatic heterocycles. The number of carbonyl (C=O) groups excluding carboxylic acids is 1. The molecule has 0 spiro atoms. The predicted molar refractivity (Wildman–Crippen MR) is 380 cm³/mol. The number of esters is 1. The second kappa shape index (κ2) is 40.3. The molecule has 0 aliphatic rings. The third kappa shape index (κ3) is 24.7. The van der Waals surface area contributed by atoms with Crippen molar-refractivity contribution in [2.24, 2.45) is 0 Å². The van der Waals surface area contributed by atoms with E-state index in [0.29, 0.717) is 64.6 Å². The second-order valence-electron chi connectivity index (χ2n) is 21.5. The van der Waals surface area contributed by atoms with E-state index in [4.69, 9.17) is 9.84 Å². The standard InChI is InChI=1S/C18H15S.C11H7F7O5S2.2C11H8F6O6S2.C10H10O2.C8H8O.Na/c1-4-10-16(11-5-1)19(17-12-6-2-7-13-17)18-14-8-3-9-15-18;3*1-2-7-3-5-8(6-4-7)23-25(21,22)11(16,17)9(12,13)10(14,15)24(18,19)20;1-3-9-4-6-10(7-5-9)12-8(2)11;1-2-7-3-5-8(9)6-4-7;/h1-15H;2-6H,1H2;2*2-6H,1H2,(H,18,19,20);3-7H,1H2,2H3;2-6,9H,1H2;/q+1;;;;;;+1/p-2. The van der Waals surface area contributed by atoms with E-state index in [2.05, 4.69) is 136 Å². The molecule has 0 bridgehead atoms. The van der Waals surface area contributed by atoms with Crippen LogP contribution in [0.3, 0.4) is 0 Å². The number of phenols is 1. The molecule has 8 aromatic carbocycles. The molecule has 0 fully saturated rings. The summed E-state index contributed by atoms with van der Waals surface area (Å²) in [6.07, 6.45) is 7.17. The van der Waals surface area contributed by atoms with Gasteiger partial charge in [0.1, 0.15) is 28.7 Å². The molecule has 0 saturated heterocycles. The molecule has 8 aromatic rings. The van der Waals surface area contributed by atoms with Crippen molar-refractivity contribution in [3.8, 4) is 28.7 Å². The summed E-state index contributed by atoms with van der Waals surface area (Å²) >= 11 is 0. The Hall–Kier alpha value is -9.23. The van der Waals surface area contributed by atoms with Gasteiger partial charge in [-0.2, -0.15) is 113 Å². The maximum Gasteiger partial charge on any atom is 1.00 e. The zero-order valence-corrected chi connectivity index (χ0v) is 66.1. The average Bonchev–Trinajstić information content (AvgIpc) is 0.734. The molecule has 0 atom stereocenters. The zero-order chi connectivity index (χ0) is 88.3. The van der Waals surface area contributed by atoms with E-state index >= 15 is 0 Å². The molecule has 0 aliphatic carbocycles. The van der Waals surface area contributed by atoms with Crippen LogP contribution < -0.4 is 46.8 Å². The summed E-state index contributed by atoms with van der Waals surface area (Å²) in [6.45, 7) is 18.5. The summed E-state index contributed by atoms with van der Waals surface area (Å²) in [5, 5.41) is -32.4. The number of ether oxygens (including phenoxy) is 1. The minimum atomic E-state index is -7.58. The van der Waals surface area contributed by atoms with Crippen molar-refractivity contribution in [3.63, 3.8) is 0 Å². The van der Waals surface area contributed by atoms with Crippen LogP contribution in [0.1, 0.15) is 34.7 Å². The number of aromatic hydroxyl groups is 1. The van der Waals surface area contributed by atoms with Gasteiger partial charge in [0.15, 0.2) is 34.9 Å². The Labute approximate surface area is 675 Å². The van der Waals surface area contributed by atoms with Gasteiger partial charge in [-0.3, -0.25) is 4.79 Å². The number of rotatable bonds is 27. The zero-order valence-electron chi connectivity index (χ0n) is 58.4. The number of carbonyl (C=O) groups is 1. The molecule has 0 unspecified atom stereocenters. The molecular weight excluding hydrogens is 1760 g/mol. The summed E-state index contributed by atoms with van der Waals surface area (Å²) in [7, 11) is -42.8. The van der Waals surface area contributed by atoms with E-state index < -0.39 is 127 Å². The van der Waals surface area contributed by atoms with Crippen molar-refractivity contribution >= 4 is 108 Å². The Kier molecular flexibility index (Phi) is 35.7. The van der Waals surface area contributed by atoms with Crippen molar-refractivity contribution in [2.45, 2.75) is 70.9 Å². The molecule has 8 rings (SSSR count). The van der Waals surface area contributed by atoms with Gasteiger partial charge in [0, 0.05) is 6.92 Å². The van der Waals surface area contributed by atoms with E-state index in [0.717, 1.165) is 47.5 Å². The molecule has 20 nitrogen and oxygen atoms in total. The summed E-state index contributed by atoms with van der Waals surface area (Å²) in [6, 6.07) is 56.8. The fraction of sp³-hybridized carbons (Fsp3) is 0.145. The molecule has 626 valence electrons. The van der Waals surface area contributed by atoms with Crippen molar-refractivity contribution in [1.29, 1.82) is 0 Å². The fourth-order valence-corrected chi connectivity index (χ4v) is 13.8. The maximum atomic E-state index is 13.5. The van der Waals surface area contributed by atoms with Crippen LogP contribution in [0.5, 0.6) is 28.7 Å². The normalized spacial score (nSPS) is 12.5. The van der Waals surface area contributed by atoms with E-state index in [-0.39, 0.29) is 46.4 Å². The number of alkyl halides is 18. The van der Waals surface area contributed by atoms with Gasteiger partial charge in [0.05, 0.1) is 10.9 Å². The largest absolute Gasteiger partial charge is 1.00 e. The third-order valence-electron chi connectivity index (χ3n) is 13.5. The number of benzene rings is 8. The first-order valence-electron chi connectivity index (χ1n) is 30.0. The van der Waals surface area contributed by atoms with Crippen molar-refractivity contribution < 1.29 is 199 Å². The van der Waals surface area contributed by atoms with Crippen LogP contribution in [0.25, 0.3) is 30.4 Å². The van der Waals surface area contributed by atoms with E-state index in [1.165, 1.54) is 39.8 Å². The van der Waals surface area contributed by atoms with E-state index in [1.54, 1.807) is 36.4 Å². The molecule has 0 heterocycles. The predicted octanol–water partition coefficient (Wildman–Crippen LogP) is 14.0. The SMILES string of the molecule is C=Cc1ccc(O)cc1.C=Cc1ccc(OC(C)=O)cc1.C=Cc1ccc(OS(=O)(=O)C(F)(F)C(F)(F)C(F)(F)S(=O)(=O)F)cc1.C=Cc1ccc(OS(=O)(=O)C(F)(F)C(F)(F)C(F)(F)S(=O)(=O)[O-])cc1.C=Cc1ccc(OS(=O)(=O)C(F)(F)C(F)(F)C(F)(F)S(=O)(=O)[O-])cc1.[Na+].c1ccc([S+](c2ccccc2)c2ccccc2)cc1. The van der Waals surface area contributed by atoms with Crippen LogP contribution in [0.2, 0.25) is 0 Å². The monoisotopic (exact) mass is 1810 g/mol. The molecule has 0 radical (unpaired) electrons. The Bertz CT molecular complexity index is 4940. The first-order valence-corrected chi connectivity index (χ1v) is 39.6. The summed E-state index contributed by atoms with van der Waals surface area (Å²) in [4.78, 5) is 14.6. The number of phenolic OH excluding ortho intramolecular Hbond substituents is 1. The maximum absolute atomic E-state index is 13.5. The third-order valence-corrected chi connectivity index (χ3v) is 22.2. The first-order chi connectivity index (χ1) is 52.5. The quantitative estimate of drug-likeness (QED) is 0.00730. The van der Waals surface area contributed by atoms with E-state index in [9.17, 15) is 147 Å². The van der Waals surface area contributed by atoms with Gasteiger partial charge in [0.25, 0.3) is 0 Å². The topological polar surface area (TPSA) is 325 Å². The van der Waals surface area contributed by atoms with Gasteiger partial charge in [-0.15, -0.1) is 0 Å². The molecule has 0 saturated carbocycles. The van der Waals surface area contributed by atoms with Crippen LogP contribution in [-0.4, -0.2) is 120 Å². The van der Waals surface area contributed by atoms with Gasteiger partial charge in [-0.05, 0) is 125 Å². The number of hydrogen-bond acceptors (Lipinski definition) is 20. The fourth-order valence-electron chi connectivity index (χ4n) is 7.49. The number of hydrogen-bond donors (Lipinski definition) is 1. The summed E-state index contributed by atoms with van der Waals surface area (Å²) < 4.78 is 414. The Morgan fingerprint density at radius 1 is 0.336 bits per heavy atom. The van der Waals surface area contributed by atoms with Gasteiger partial charge in [-0.1, -0.05) is 182 Å². The summed E-state index contributed by atoms with van der Waals surface area (Å²) in [5.41, 5.74) is 3.03. The Balaban J connectivity index is 0.000000484. The smallest absolute Gasteiger partial charge is 0.743 e. The summed E-state index contributed by atoms with van der Waals surface area (Å²) in [5.74, 6) is -23.7. The van der Waals surface area contributed by atoms with Gasteiger partial charge in [-0.25, -0.2) is 16.8 Å². The van der Waals surface area contributed by atoms with Crippen LogP contribution in [0, 0.1) is 0 Å². The molecule has 0 aliphatic heterocycles. The number of halogens is 19. The van der Waals surface area contributed by atoms with Gasteiger partial charge in [0.2, 0.25) is 0 Å².